The number of carbonyl (C=O) groups excluding carboxylic acids is 1. The van der Waals surface area contributed by atoms with E-state index in [0.29, 0.717) is 12.0 Å². The van der Waals surface area contributed by atoms with Gasteiger partial charge in [-0.25, -0.2) is 9.90 Å². The van der Waals surface area contributed by atoms with Gasteiger partial charge in [-0.15, -0.1) is 0 Å². The zero-order chi connectivity index (χ0) is 14.4. The Kier molecular flexibility index (Phi) is 3.41. The summed E-state index contributed by atoms with van der Waals surface area (Å²) in [5.74, 6) is -0.184. The maximum absolute atomic E-state index is 12.7. The van der Waals surface area contributed by atoms with Crippen LogP contribution in [0, 0.1) is 20.8 Å². The van der Waals surface area contributed by atoms with Gasteiger partial charge in [-0.1, -0.05) is 17.7 Å². The second kappa shape index (κ2) is 4.62. The van der Waals surface area contributed by atoms with E-state index in [1.165, 1.54) is 5.06 Å². The summed E-state index contributed by atoms with van der Waals surface area (Å²) in [5.41, 5.74) is 3.16. The lowest BCUT2D eigenvalue weighted by Gasteiger charge is -2.29. The fourth-order valence-electron chi connectivity index (χ4n) is 2.75. The second-order valence-electron chi connectivity index (χ2n) is 5.95. The first-order valence-electron chi connectivity index (χ1n) is 6.49. The highest BCUT2D eigenvalue weighted by Crippen LogP contribution is 2.32. The molecule has 1 atom stereocenters. The molecule has 1 aliphatic heterocycles. The average molecular weight is 263 g/mol. The summed E-state index contributed by atoms with van der Waals surface area (Å²) in [7, 11) is 0. The van der Waals surface area contributed by atoms with Crippen LogP contribution in [0.15, 0.2) is 12.1 Å². The third kappa shape index (κ3) is 2.51. The minimum absolute atomic E-state index is 0.184. The Morgan fingerprint density at radius 3 is 2.26 bits per heavy atom. The summed E-state index contributed by atoms with van der Waals surface area (Å²) < 4.78 is 0. The topological polar surface area (TPSA) is 49.8 Å². The summed E-state index contributed by atoms with van der Waals surface area (Å²) in [6.45, 7) is 9.63. The van der Waals surface area contributed by atoms with Crippen molar-refractivity contribution in [3.8, 4) is 0 Å². The number of carbonyl (C=O) groups is 1. The van der Waals surface area contributed by atoms with E-state index in [1.54, 1.807) is 0 Å². The molecule has 0 bridgehead atoms. The molecule has 1 fully saturated rings. The first-order valence-corrected chi connectivity index (χ1v) is 6.49. The summed E-state index contributed by atoms with van der Waals surface area (Å²) in [4.78, 5) is 17.9. The molecule has 0 radical (unpaired) electrons. The van der Waals surface area contributed by atoms with Crippen LogP contribution in [-0.4, -0.2) is 27.9 Å². The first-order chi connectivity index (χ1) is 8.72. The van der Waals surface area contributed by atoms with Crippen molar-refractivity contribution >= 4 is 5.91 Å². The first kappa shape index (κ1) is 14.0. The molecule has 19 heavy (non-hydrogen) atoms. The number of hydroxylamine groups is 2. The molecule has 104 valence electrons. The van der Waals surface area contributed by atoms with Gasteiger partial charge >= 0.3 is 0 Å². The van der Waals surface area contributed by atoms with E-state index in [2.05, 4.69) is 0 Å². The van der Waals surface area contributed by atoms with Gasteiger partial charge in [-0.3, -0.25) is 4.79 Å². The minimum atomic E-state index is -0.912. The van der Waals surface area contributed by atoms with Crippen LogP contribution >= 0.6 is 0 Å². The molecule has 4 nitrogen and oxygen atoms in total. The number of benzene rings is 1. The number of aliphatic hydroxyl groups excluding tert-OH is 1. The molecule has 0 spiro atoms. The lowest BCUT2D eigenvalue weighted by molar-refractivity contribution is -0.201. The van der Waals surface area contributed by atoms with E-state index in [-0.39, 0.29) is 5.91 Å². The van der Waals surface area contributed by atoms with Gasteiger partial charge in [0.1, 0.15) is 0 Å². The number of hydrogen-bond donors (Lipinski definition) is 1. The van der Waals surface area contributed by atoms with Gasteiger partial charge in [-0.05, 0) is 45.7 Å². The smallest absolute Gasteiger partial charge is 0.278 e. The molecule has 4 heteroatoms. The predicted octanol–water partition coefficient (Wildman–Crippen LogP) is 2.49. The minimum Gasteiger partial charge on any atom is -0.366 e. The standard InChI is InChI=1S/C15H21NO3/c1-9-6-10(2)13(11(3)7-9)14(18)16-15(4,5)8-12(17)19-16/h6-7,12,17H,8H2,1-5H3. The SMILES string of the molecule is Cc1cc(C)c(C(=O)N2OC(O)CC2(C)C)c(C)c1. The van der Waals surface area contributed by atoms with Crippen molar-refractivity contribution in [3.63, 3.8) is 0 Å². The van der Waals surface area contributed by atoms with Gasteiger partial charge in [0.05, 0.1) is 5.54 Å². The Morgan fingerprint density at radius 1 is 1.32 bits per heavy atom. The van der Waals surface area contributed by atoms with Gasteiger partial charge in [0.15, 0.2) is 6.29 Å². The van der Waals surface area contributed by atoms with Crippen molar-refractivity contribution in [2.45, 2.75) is 52.9 Å². The molecule has 1 aliphatic rings. The number of amides is 1. The maximum Gasteiger partial charge on any atom is 0.278 e. The number of hydrogen-bond acceptors (Lipinski definition) is 3. The number of aryl methyl sites for hydroxylation is 3. The predicted molar refractivity (Wildman–Crippen MR) is 72.6 cm³/mol. The van der Waals surface area contributed by atoms with Gasteiger partial charge in [-0.2, -0.15) is 0 Å². The Labute approximate surface area is 113 Å². The molecule has 1 N–H and O–H groups in total. The van der Waals surface area contributed by atoms with Gasteiger partial charge < -0.3 is 5.11 Å². The largest absolute Gasteiger partial charge is 0.366 e. The summed E-state index contributed by atoms with van der Waals surface area (Å²) >= 11 is 0. The number of rotatable bonds is 1. The molecule has 1 unspecified atom stereocenters. The Hall–Kier alpha value is -1.39. The van der Waals surface area contributed by atoms with E-state index in [4.69, 9.17) is 4.84 Å². The highest BCUT2D eigenvalue weighted by atomic mass is 16.8. The van der Waals surface area contributed by atoms with Crippen LogP contribution < -0.4 is 0 Å². The van der Waals surface area contributed by atoms with Crippen molar-refractivity contribution in [1.29, 1.82) is 0 Å². The Morgan fingerprint density at radius 2 is 1.84 bits per heavy atom. The lowest BCUT2D eigenvalue weighted by Crippen LogP contribution is -2.42. The molecule has 1 aromatic rings. The summed E-state index contributed by atoms with van der Waals surface area (Å²) in [6, 6.07) is 3.97. The van der Waals surface area contributed by atoms with E-state index < -0.39 is 11.8 Å². The molecular weight excluding hydrogens is 242 g/mol. The van der Waals surface area contributed by atoms with Crippen molar-refractivity contribution in [3.05, 3.63) is 34.4 Å². The molecule has 0 saturated carbocycles. The van der Waals surface area contributed by atoms with Crippen molar-refractivity contribution in [2.24, 2.45) is 0 Å². The highest BCUT2D eigenvalue weighted by molar-refractivity contribution is 5.97. The third-order valence-corrected chi connectivity index (χ3v) is 3.53. The van der Waals surface area contributed by atoms with Gasteiger partial charge in [0.2, 0.25) is 0 Å². The van der Waals surface area contributed by atoms with Crippen LogP contribution in [0.1, 0.15) is 47.3 Å². The van der Waals surface area contributed by atoms with E-state index >= 15 is 0 Å². The van der Waals surface area contributed by atoms with Crippen molar-refractivity contribution in [1.82, 2.24) is 5.06 Å². The summed E-state index contributed by atoms with van der Waals surface area (Å²) in [6.07, 6.45) is -0.493. The van der Waals surface area contributed by atoms with E-state index in [1.807, 2.05) is 46.8 Å². The molecule has 1 heterocycles. The fraction of sp³-hybridized carbons (Fsp3) is 0.533. The van der Waals surface area contributed by atoms with Crippen LogP contribution in [0.3, 0.4) is 0 Å². The molecule has 1 saturated heterocycles. The molecule has 0 aliphatic carbocycles. The van der Waals surface area contributed by atoms with Gasteiger partial charge in [0, 0.05) is 12.0 Å². The normalized spacial score (nSPS) is 21.8. The van der Waals surface area contributed by atoms with Crippen LogP contribution in [-0.2, 0) is 4.84 Å². The molecule has 1 amide bonds. The molecular formula is C15H21NO3. The quantitative estimate of drug-likeness (QED) is 0.847. The Balaban J connectivity index is 2.41. The maximum atomic E-state index is 12.7. The summed E-state index contributed by atoms with van der Waals surface area (Å²) in [5, 5.41) is 10.9. The third-order valence-electron chi connectivity index (χ3n) is 3.53. The number of aliphatic hydroxyl groups is 1. The molecule has 1 aromatic carbocycles. The van der Waals surface area contributed by atoms with Crippen molar-refractivity contribution < 1.29 is 14.7 Å². The average Bonchev–Trinajstić information content (AvgIpc) is 2.49. The fourth-order valence-corrected chi connectivity index (χ4v) is 2.75. The van der Waals surface area contributed by atoms with Gasteiger partial charge in [0.25, 0.3) is 5.91 Å². The van der Waals surface area contributed by atoms with Crippen molar-refractivity contribution in [2.75, 3.05) is 0 Å². The van der Waals surface area contributed by atoms with E-state index in [9.17, 15) is 9.90 Å². The monoisotopic (exact) mass is 263 g/mol. The zero-order valence-electron chi connectivity index (χ0n) is 12.2. The van der Waals surface area contributed by atoms with Crippen LogP contribution in [0.4, 0.5) is 0 Å². The second-order valence-corrected chi connectivity index (χ2v) is 5.95. The zero-order valence-corrected chi connectivity index (χ0v) is 12.2. The highest BCUT2D eigenvalue weighted by Gasteiger charge is 2.43. The van der Waals surface area contributed by atoms with E-state index in [0.717, 1.165) is 16.7 Å². The van der Waals surface area contributed by atoms with Crippen LogP contribution in [0.25, 0.3) is 0 Å². The number of nitrogens with zero attached hydrogens (tertiary/aromatic N) is 1. The Bertz CT molecular complexity index is 499. The lowest BCUT2D eigenvalue weighted by atomic mass is 9.96. The van der Waals surface area contributed by atoms with Crippen LogP contribution in [0.5, 0.6) is 0 Å². The van der Waals surface area contributed by atoms with Crippen LogP contribution in [0.2, 0.25) is 0 Å². The molecule has 2 rings (SSSR count). The molecule has 0 aromatic heterocycles.